The van der Waals surface area contributed by atoms with Gasteiger partial charge >= 0.3 is 6.03 Å². The van der Waals surface area contributed by atoms with E-state index in [4.69, 9.17) is 0 Å². The van der Waals surface area contributed by atoms with E-state index in [-0.39, 0.29) is 30.3 Å². The molecule has 290 valence electrons. The molecule has 56 heavy (non-hydrogen) atoms. The van der Waals surface area contributed by atoms with E-state index in [9.17, 15) is 15.0 Å². The predicted molar refractivity (Wildman–Crippen MR) is 227 cm³/mol. The molecule has 0 heterocycles. The number of benzene rings is 5. The van der Waals surface area contributed by atoms with E-state index in [0.717, 1.165) is 51.4 Å². The molecule has 6 nitrogen and oxygen atoms in total. The number of hydrogen-bond acceptors (Lipinski definition) is 4. The van der Waals surface area contributed by atoms with Gasteiger partial charge in [0.05, 0.1) is 18.2 Å². The lowest BCUT2D eigenvalue weighted by molar-refractivity contribution is -0.0780. The standard InChI is InChI=1S/C50H56N2O4/c1-34(2)51-48(55)52(32-39-19-12-18-37-17-8-9-20-41(37)39)33-50(56)29-27-46-43-26-24-36(30-40(53)25-23-35(3)14-13-28-49(46,50)4)31-45(43)47(54)44-22-11-10-21-42(44)38-15-6-5-7-16-38/h5-12,14-22,24,26,31,34,40,46,53,56H,13,23,25,27-30,32-33H2,1-4H3,(H,51,55). The molecule has 5 aromatic carbocycles. The molecule has 4 atom stereocenters. The van der Waals surface area contributed by atoms with Gasteiger partial charge in [0.15, 0.2) is 5.78 Å². The van der Waals surface area contributed by atoms with E-state index in [0.29, 0.717) is 49.8 Å². The molecular weight excluding hydrogens is 693 g/mol. The van der Waals surface area contributed by atoms with Crippen molar-refractivity contribution in [3.05, 3.63) is 155 Å². The summed E-state index contributed by atoms with van der Waals surface area (Å²) in [5.41, 5.74) is 5.21. The SMILES string of the molecule is CC1=CCCC2(C)C(CCC2(O)CN(Cc2cccc3ccccc23)C(=O)NC(C)C)c2ccc(cc2C(=O)c2ccccc2-c2ccccc2)CC(O)CC1. The van der Waals surface area contributed by atoms with Crippen LogP contribution in [0.1, 0.15) is 105 Å². The molecule has 0 saturated heterocycles. The minimum atomic E-state index is -1.26. The monoisotopic (exact) mass is 748 g/mol. The number of nitrogens with zero attached hydrogens (tertiary/aromatic N) is 1. The summed E-state index contributed by atoms with van der Waals surface area (Å²) in [5.74, 6) is -0.233. The van der Waals surface area contributed by atoms with Crippen LogP contribution < -0.4 is 5.32 Å². The summed E-state index contributed by atoms with van der Waals surface area (Å²) in [5, 5.41) is 29.7. The Labute approximate surface area is 332 Å². The molecule has 5 aromatic rings. The zero-order chi connectivity index (χ0) is 39.5. The van der Waals surface area contributed by atoms with Gasteiger partial charge in [-0.2, -0.15) is 0 Å². The first-order valence-electron chi connectivity index (χ1n) is 20.4. The molecular formula is C50H56N2O4. The van der Waals surface area contributed by atoms with Gasteiger partial charge in [-0.25, -0.2) is 4.79 Å². The average molecular weight is 749 g/mol. The van der Waals surface area contributed by atoms with Gasteiger partial charge in [-0.05, 0) is 116 Å². The smallest absolute Gasteiger partial charge is 0.317 e. The van der Waals surface area contributed by atoms with Crippen LogP contribution in [0.3, 0.4) is 0 Å². The fourth-order valence-electron chi connectivity index (χ4n) is 9.38. The maximum absolute atomic E-state index is 15.1. The Bertz CT molecular complexity index is 2220. The highest BCUT2D eigenvalue weighted by atomic mass is 16.3. The molecule has 3 aliphatic carbocycles. The number of carbonyl (C=O) groups excluding carboxylic acids is 2. The summed E-state index contributed by atoms with van der Waals surface area (Å²) in [4.78, 5) is 31.0. The zero-order valence-electron chi connectivity index (χ0n) is 33.3. The van der Waals surface area contributed by atoms with Crippen molar-refractivity contribution >= 4 is 22.6 Å². The number of aliphatic hydroxyl groups excluding tert-OH is 1. The van der Waals surface area contributed by atoms with Gasteiger partial charge in [-0.3, -0.25) is 4.79 Å². The second kappa shape index (κ2) is 16.6. The summed E-state index contributed by atoms with van der Waals surface area (Å²) < 4.78 is 0. The summed E-state index contributed by atoms with van der Waals surface area (Å²) in [6, 6.07) is 38.1. The highest BCUT2D eigenvalue weighted by molar-refractivity contribution is 6.14. The Morgan fingerprint density at radius 2 is 1.59 bits per heavy atom. The lowest BCUT2D eigenvalue weighted by Crippen LogP contribution is -2.55. The van der Waals surface area contributed by atoms with Crippen LogP contribution in [0.15, 0.2) is 127 Å². The van der Waals surface area contributed by atoms with Crippen molar-refractivity contribution in [2.45, 2.75) is 103 Å². The predicted octanol–water partition coefficient (Wildman–Crippen LogP) is 10.4. The van der Waals surface area contributed by atoms with E-state index in [1.165, 1.54) is 5.57 Å². The molecule has 4 unspecified atom stereocenters. The van der Waals surface area contributed by atoms with Crippen molar-refractivity contribution in [3.63, 3.8) is 0 Å². The molecule has 1 fully saturated rings. The average Bonchev–Trinajstić information content (AvgIpc) is 3.45. The summed E-state index contributed by atoms with van der Waals surface area (Å²) in [6.07, 6.45) is 6.11. The van der Waals surface area contributed by atoms with Crippen LogP contribution in [0.4, 0.5) is 4.79 Å². The summed E-state index contributed by atoms with van der Waals surface area (Å²) in [6.45, 7) is 8.71. The number of aliphatic hydroxyl groups is 2. The number of fused-ring (bicyclic) bond motifs is 9. The number of nitrogens with one attached hydrogen (secondary N) is 1. The fourth-order valence-corrected chi connectivity index (χ4v) is 9.38. The first-order valence-corrected chi connectivity index (χ1v) is 20.4. The van der Waals surface area contributed by atoms with Gasteiger partial charge in [-0.1, -0.05) is 128 Å². The van der Waals surface area contributed by atoms with Crippen molar-refractivity contribution in [1.29, 1.82) is 0 Å². The molecule has 0 aliphatic heterocycles. The van der Waals surface area contributed by atoms with Crippen LogP contribution in [-0.2, 0) is 13.0 Å². The third-order valence-electron chi connectivity index (χ3n) is 12.6. The largest absolute Gasteiger partial charge is 0.393 e. The third-order valence-corrected chi connectivity index (χ3v) is 12.6. The molecule has 1 saturated carbocycles. The van der Waals surface area contributed by atoms with Gasteiger partial charge in [0.2, 0.25) is 0 Å². The Balaban J connectivity index is 1.33. The van der Waals surface area contributed by atoms with E-state index in [2.05, 4.69) is 61.6 Å². The molecule has 8 rings (SSSR count). The van der Waals surface area contributed by atoms with Crippen molar-refractivity contribution in [3.8, 4) is 11.1 Å². The molecule has 0 spiro atoms. The van der Waals surface area contributed by atoms with Crippen LogP contribution in [0, 0.1) is 5.41 Å². The number of hydrogen-bond donors (Lipinski definition) is 3. The first-order chi connectivity index (χ1) is 27.0. The minimum Gasteiger partial charge on any atom is -0.393 e. The zero-order valence-corrected chi connectivity index (χ0v) is 33.3. The Morgan fingerprint density at radius 1 is 0.857 bits per heavy atom. The van der Waals surface area contributed by atoms with Gasteiger partial charge < -0.3 is 20.4 Å². The van der Waals surface area contributed by atoms with Crippen LogP contribution in [0.2, 0.25) is 0 Å². The maximum Gasteiger partial charge on any atom is 0.317 e. The highest BCUT2D eigenvalue weighted by Gasteiger charge is 2.57. The van der Waals surface area contributed by atoms with Gasteiger partial charge in [-0.15, -0.1) is 0 Å². The maximum atomic E-state index is 15.1. The number of rotatable bonds is 8. The molecule has 2 amide bonds. The minimum absolute atomic E-state index is 0.0645. The van der Waals surface area contributed by atoms with Gasteiger partial charge in [0, 0.05) is 29.1 Å². The number of allylic oxidation sites excluding steroid dienone is 2. The summed E-state index contributed by atoms with van der Waals surface area (Å²) >= 11 is 0. The lowest BCUT2D eigenvalue weighted by Gasteiger charge is -2.46. The Kier molecular flexibility index (Phi) is 11.6. The van der Waals surface area contributed by atoms with Crippen molar-refractivity contribution < 1.29 is 19.8 Å². The molecule has 3 N–H and O–H groups in total. The van der Waals surface area contributed by atoms with Crippen molar-refractivity contribution in [1.82, 2.24) is 10.2 Å². The van der Waals surface area contributed by atoms with E-state index < -0.39 is 17.1 Å². The molecule has 0 aromatic heterocycles. The van der Waals surface area contributed by atoms with Crippen molar-refractivity contribution in [2.24, 2.45) is 5.41 Å². The summed E-state index contributed by atoms with van der Waals surface area (Å²) in [7, 11) is 0. The fraction of sp³-hybridized carbons (Fsp3) is 0.360. The van der Waals surface area contributed by atoms with E-state index in [1.54, 1.807) is 4.90 Å². The van der Waals surface area contributed by atoms with Crippen LogP contribution >= 0.6 is 0 Å². The number of amides is 2. The molecule has 3 aliphatic rings. The van der Waals surface area contributed by atoms with Crippen LogP contribution in [0.5, 0.6) is 0 Å². The Morgan fingerprint density at radius 3 is 2.39 bits per heavy atom. The number of ketones is 1. The lowest BCUT2D eigenvalue weighted by atomic mass is 9.64. The Hall–Kier alpha value is -5.04. The normalized spacial score (nSPS) is 22.7. The first kappa shape index (κ1) is 39.2. The topological polar surface area (TPSA) is 89.9 Å². The van der Waals surface area contributed by atoms with Crippen LogP contribution in [0.25, 0.3) is 21.9 Å². The van der Waals surface area contributed by atoms with Crippen LogP contribution in [-0.4, -0.2) is 51.2 Å². The molecule has 0 radical (unpaired) electrons. The van der Waals surface area contributed by atoms with Gasteiger partial charge in [0.25, 0.3) is 0 Å². The number of urea groups is 1. The number of carbonyl (C=O) groups is 2. The second-order valence-electron chi connectivity index (χ2n) is 16.8. The second-order valence-corrected chi connectivity index (χ2v) is 16.8. The van der Waals surface area contributed by atoms with Crippen molar-refractivity contribution in [2.75, 3.05) is 6.54 Å². The highest BCUT2D eigenvalue weighted by Crippen LogP contribution is 2.59. The van der Waals surface area contributed by atoms with Gasteiger partial charge in [0.1, 0.15) is 0 Å². The quantitative estimate of drug-likeness (QED) is 0.109. The van der Waals surface area contributed by atoms with E-state index in [1.807, 2.05) is 92.7 Å². The van der Waals surface area contributed by atoms with E-state index >= 15 is 4.79 Å². The molecule has 2 bridgehead atoms. The molecule has 6 heteroatoms. The third kappa shape index (κ3) is 8.09.